The van der Waals surface area contributed by atoms with Crippen molar-refractivity contribution in [1.29, 1.82) is 0 Å². The largest absolute Gasteiger partial charge is 0.482 e. The summed E-state index contributed by atoms with van der Waals surface area (Å²) in [6, 6.07) is 19.0. The molecule has 1 aliphatic heterocycles. The Morgan fingerprint density at radius 2 is 1.94 bits per heavy atom. The van der Waals surface area contributed by atoms with E-state index in [-0.39, 0.29) is 24.5 Å². The van der Waals surface area contributed by atoms with Gasteiger partial charge in [-0.1, -0.05) is 24.3 Å². The van der Waals surface area contributed by atoms with E-state index in [0.717, 1.165) is 20.8 Å². The number of anilines is 2. The third-order valence-corrected chi connectivity index (χ3v) is 6.19. The van der Waals surface area contributed by atoms with Crippen LogP contribution in [0.1, 0.15) is 0 Å². The van der Waals surface area contributed by atoms with Gasteiger partial charge < -0.3 is 10.1 Å². The average Bonchev–Trinajstić information content (AvgIpc) is 3.25. The first-order chi connectivity index (χ1) is 16.0. The summed E-state index contributed by atoms with van der Waals surface area (Å²) < 4.78 is 6.39. The number of hydrogen-bond donors (Lipinski definition) is 1. The first-order valence-corrected chi connectivity index (χ1v) is 10.8. The lowest BCUT2D eigenvalue weighted by molar-refractivity contribution is -0.384. The minimum Gasteiger partial charge on any atom is -0.482 e. The van der Waals surface area contributed by atoms with Crippen LogP contribution in [0.25, 0.3) is 20.8 Å². The fourth-order valence-corrected chi connectivity index (χ4v) is 4.58. The van der Waals surface area contributed by atoms with E-state index in [0.29, 0.717) is 11.4 Å². The summed E-state index contributed by atoms with van der Waals surface area (Å²) in [5.74, 6) is -0.600. The topological polar surface area (TPSA) is 115 Å². The molecule has 0 saturated carbocycles. The van der Waals surface area contributed by atoms with E-state index < -0.39 is 16.7 Å². The molecule has 3 aromatic carbocycles. The van der Waals surface area contributed by atoms with Crippen molar-refractivity contribution in [2.45, 2.75) is 0 Å². The number of nitrogens with one attached hydrogen (secondary N) is 1. The summed E-state index contributed by atoms with van der Waals surface area (Å²) in [4.78, 5) is 41.8. The van der Waals surface area contributed by atoms with Gasteiger partial charge in [0.05, 0.1) is 26.5 Å². The van der Waals surface area contributed by atoms with Crippen molar-refractivity contribution in [2.75, 3.05) is 23.4 Å². The maximum absolute atomic E-state index is 12.9. The Morgan fingerprint density at radius 1 is 1.15 bits per heavy atom. The molecule has 1 aliphatic rings. The molecule has 10 heteroatoms. The van der Waals surface area contributed by atoms with E-state index in [4.69, 9.17) is 4.74 Å². The summed E-state index contributed by atoms with van der Waals surface area (Å²) in [6.45, 7) is -0.565. The number of amides is 2. The van der Waals surface area contributed by atoms with Crippen molar-refractivity contribution >= 4 is 50.4 Å². The van der Waals surface area contributed by atoms with E-state index in [1.807, 2.05) is 36.4 Å². The van der Waals surface area contributed by atoms with Crippen LogP contribution in [0.5, 0.6) is 5.75 Å². The van der Waals surface area contributed by atoms with Gasteiger partial charge in [-0.25, -0.2) is 4.98 Å². The lowest BCUT2D eigenvalue weighted by Crippen LogP contribution is -2.43. The van der Waals surface area contributed by atoms with Gasteiger partial charge in [0.1, 0.15) is 17.3 Å². The van der Waals surface area contributed by atoms with Gasteiger partial charge in [-0.3, -0.25) is 24.6 Å². The number of nitro groups is 1. The minimum atomic E-state index is -0.564. The Hall–Kier alpha value is -4.31. The number of carbonyl (C=O) groups excluding carboxylic acids is 2. The molecule has 0 saturated heterocycles. The van der Waals surface area contributed by atoms with Crippen LogP contribution in [0.4, 0.5) is 17.1 Å². The number of rotatable bonds is 5. The molecule has 33 heavy (non-hydrogen) atoms. The second-order valence-corrected chi connectivity index (χ2v) is 8.29. The number of non-ortho nitro benzene ring substituents is 1. The summed E-state index contributed by atoms with van der Waals surface area (Å²) >= 11 is 1.52. The molecule has 0 spiro atoms. The standard InChI is InChI=1S/C23H16N4O5S/c28-21(12-26-18-11-14(27(30)31)9-10-19(18)32-13-22(26)29)24-16-6-2-1-5-15(16)23-25-17-7-3-4-8-20(17)33-23/h1-11H,12-13H2,(H,24,28). The highest BCUT2D eigenvalue weighted by atomic mass is 32.1. The van der Waals surface area contributed by atoms with Crippen LogP contribution < -0.4 is 15.0 Å². The molecule has 0 radical (unpaired) electrons. The molecule has 9 nitrogen and oxygen atoms in total. The number of para-hydroxylation sites is 2. The highest BCUT2D eigenvalue weighted by Gasteiger charge is 2.29. The van der Waals surface area contributed by atoms with Crippen LogP contribution in [0.15, 0.2) is 66.7 Å². The predicted octanol–water partition coefficient (Wildman–Crippen LogP) is 4.24. The smallest absolute Gasteiger partial charge is 0.271 e. The van der Waals surface area contributed by atoms with Gasteiger partial charge in [0, 0.05) is 17.7 Å². The molecule has 2 heterocycles. The zero-order chi connectivity index (χ0) is 22.9. The summed E-state index contributed by atoms with van der Waals surface area (Å²) in [6.07, 6.45) is 0. The third kappa shape index (κ3) is 3.99. The Morgan fingerprint density at radius 3 is 2.76 bits per heavy atom. The summed E-state index contributed by atoms with van der Waals surface area (Å²) in [7, 11) is 0. The molecule has 0 aliphatic carbocycles. The van der Waals surface area contributed by atoms with Gasteiger partial charge >= 0.3 is 0 Å². The third-order valence-electron chi connectivity index (χ3n) is 5.12. The zero-order valence-corrected chi connectivity index (χ0v) is 17.9. The SMILES string of the molecule is O=C(CN1C(=O)COc2ccc([N+](=O)[O-])cc21)Nc1ccccc1-c1nc2ccccc2s1. The maximum atomic E-state index is 12.9. The van der Waals surface area contributed by atoms with E-state index in [1.165, 1.54) is 34.4 Å². The Balaban J connectivity index is 1.41. The Bertz CT molecular complexity index is 1380. The molecule has 0 bridgehead atoms. The second kappa shape index (κ2) is 8.32. The molecule has 4 aromatic rings. The number of fused-ring (bicyclic) bond motifs is 2. The number of aromatic nitrogens is 1. The maximum Gasteiger partial charge on any atom is 0.271 e. The number of benzene rings is 3. The molecular formula is C23H16N4O5S. The molecule has 164 valence electrons. The van der Waals surface area contributed by atoms with Crippen LogP contribution in [0, 0.1) is 10.1 Å². The van der Waals surface area contributed by atoms with Crippen LogP contribution in [-0.4, -0.2) is 34.9 Å². The van der Waals surface area contributed by atoms with Gasteiger partial charge in [-0.2, -0.15) is 0 Å². The van der Waals surface area contributed by atoms with Crippen LogP contribution in [-0.2, 0) is 9.59 Å². The fraction of sp³-hybridized carbons (Fsp3) is 0.0870. The molecule has 0 unspecified atom stereocenters. The highest BCUT2D eigenvalue weighted by molar-refractivity contribution is 7.21. The first-order valence-electron chi connectivity index (χ1n) is 9.96. The average molecular weight is 460 g/mol. The van der Waals surface area contributed by atoms with E-state index >= 15 is 0 Å². The van der Waals surface area contributed by atoms with Crippen molar-refractivity contribution in [3.05, 3.63) is 76.8 Å². The lowest BCUT2D eigenvalue weighted by atomic mass is 10.1. The van der Waals surface area contributed by atoms with Gasteiger partial charge in [-0.05, 0) is 30.3 Å². The highest BCUT2D eigenvalue weighted by Crippen LogP contribution is 2.36. The molecule has 5 rings (SSSR count). The number of thiazole rings is 1. The molecule has 2 amide bonds. The van der Waals surface area contributed by atoms with Crippen LogP contribution >= 0.6 is 11.3 Å². The predicted molar refractivity (Wildman–Crippen MR) is 125 cm³/mol. The van der Waals surface area contributed by atoms with E-state index in [2.05, 4.69) is 10.3 Å². The lowest BCUT2D eigenvalue weighted by Gasteiger charge is -2.28. The number of nitrogens with zero attached hydrogens (tertiary/aromatic N) is 3. The van der Waals surface area contributed by atoms with Crippen molar-refractivity contribution in [3.63, 3.8) is 0 Å². The summed E-state index contributed by atoms with van der Waals surface area (Å²) in [5, 5.41) is 14.8. The van der Waals surface area contributed by atoms with E-state index in [1.54, 1.807) is 12.1 Å². The fourth-order valence-electron chi connectivity index (χ4n) is 3.58. The second-order valence-electron chi connectivity index (χ2n) is 7.26. The zero-order valence-electron chi connectivity index (χ0n) is 17.1. The molecule has 1 N–H and O–H groups in total. The van der Waals surface area contributed by atoms with Crippen molar-refractivity contribution in [2.24, 2.45) is 0 Å². The van der Waals surface area contributed by atoms with Crippen molar-refractivity contribution in [3.8, 4) is 16.3 Å². The van der Waals surface area contributed by atoms with Crippen LogP contribution in [0.3, 0.4) is 0 Å². The number of hydrogen-bond acceptors (Lipinski definition) is 7. The Labute approximate surface area is 191 Å². The molecule has 1 aromatic heterocycles. The van der Waals surface area contributed by atoms with Gasteiger partial charge in [0.15, 0.2) is 6.61 Å². The number of ether oxygens (including phenoxy) is 1. The van der Waals surface area contributed by atoms with Gasteiger partial charge in [0.25, 0.3) is 11.6 Å². The number of nitro benzene ring substituents is 1. The molecular weight excluding hydrogens is 444 g/mol. The van der Waals surface area contributed by atoms with Gasteiger partial charge in [0.2, 0.25) is 5.91 Å². The summed E-state index contributed by atoms with van der Waals surface area (Å²) in [5.41, 5.74) is 2.18. The first kappa shape index (κ1) is 20.6. The normalized spacial score (nSPS) is 12.8. The van der Waals surface area contributed by atoms with Gasteiger partial charge in [-0.15, -0.1) is 11.3 Å². The minimum absolute atomic E-state index is 0.190. The van der Waals surface area contributed by atoms with E-state index in [9.17, 15) is 19.7 Å². The van der Waals surface area contributed by atoms with Crippen LogP contribution in [0.2, 0.25) is 0 Å². The number of carbonyl (C=O) groups is 2. The molecule has 0 fully saturated rings. The Kier molecular flexibility index (Phi) is 5.19. The molecule has 0 atom stereocenters. The van der Waals surface area contributed by atoms with Crippen molar-refractivity contribution < 1.29 is 19.2 Å². The quantitative estimate of drug-likeness (QED) is 0.352. The monoisotopic (exact) mass is 460 g/mol. The van der Waals surface area contributed by atoms with Crippen molar-refractivity contribution in [1.82, 2.24) is 4.98 Å².